The number of ether oxygens (including phenoxy) is 1. The van der Waals surface area contributed by atoms with Crippen LogP contribution in [0.5, 0.6) is 5.75 Å². The van der Waals surface area contributed by atoms with E-state index in [1.807, 2.05) is 19.9 Å². The van der Waals surface area contributed by atoms with Gasteiger partial charge in [0.2, 0.25) is 5.76 Å². The van der Waals surface area contributed by atoms with Crippen LogP contribution in [0.15, 0.2) is 27.7 Å². The highest BCUT2D eigenvalue weighted by molar-refractivity contribution is 6.06. The fourth-order valence-corrected chi connectivity index (χ4v) is 3.67. The number of hydrazone groups is 1. The normalized spacial score (nSPS) is 16.5. The van der Waals surface area contributed by atoms with Gasteiger partial charge in [-0.2, -0.15) is 5.10 Å². The number of nitrogens with zero attached hydrogens (tertiary/aromatic N) is 1. The molecule has 1 aliphatic carbocycles. The Kier molecular flexibility index (Phi) is 5.02. The van der Waals surface area contributed by atoms with Gasteiger partial charge in [-0.25, -0.2) is 15.0 Å². The van der Waals surface area contributed by atoms with E-state index in [0.717, 1.165) is 16.7 Å². The van der Waals surface area contributed by atoms with Crippen molar-refractivity contribution in [1.82, 2.24) is 5.43 Å². The molecule has 2 amide bonds. The van der Waals surface area contributed by atoms with Crippen molar-refractivity contribution >= 4 is 17.7 Å². The summed E-state index contributed by atoms with van der Waals surface area (Å²) in [5, 5.41) is 4.14. The number of nitrogens with two attached hydrogens (primary N) is 1. The third kappa shape index (κ3) is 4.08. The second-order valence-corrected chi connectivity index (χ2v) is 8.12. The molecule has 1 aromatic carbocycles. The van der Waals surface area contributed by atoms with Gasteiger partial charge in [0.15, 0.2) is 0 Å². The number of amides is 2. The molecule has 0 fully saturated rings. The van der Waals surface area contributed by atoms with E-state index in [-0.39, 0.29) is 11.2 Å². The Labute approximate surface area is 163 Å². The molecule has 3 rings (SSSR count). The number of nitrogens with one attached hydrogen (secondary N) is 1. The van der Waals surface area contributed by atoms with E-state index in [2.05, 4.69) is 24.4 Å². The van der Waals surface area contributed by atoms with Crippen LogP contribution in [-0.2, 0) is 6.42 Å². The summed E-state index contributed by atoms with van der Waals surface area (Å²) >= 11 is 0. The lowest BCUT2D eigenvalue weighted by atomic mass is 9.75. The molecule has 0 atom stereocenters. The molecule has 0 unspecified atom stereocenters. The highest BCUT2D eigenvalue weighted by Crippen LogP contribution is 2.39. The molecule has 0 radical (unpaired) electrons. The summed E-state index contributed by atoms with van der Waals surface area (Å²) < 4.78 is 11.4. The molecule has 0 bridgehead atoms. The first-order valence-electron chi connectivity index (χ1n) is 9.11. The largest absolute Gasteiger partial charge is 0.453 e. The minimum Gasteiger partial charge on any atom is -0.453 e. The van der Waals surface area contributed by atoms with Gasteiger partial charge in [-0.3, -0.25) is 0 Å². The molecule has 1 heterocycles. The van der Waals surface area contributed by atoms with E-state index in [1.165, 1.54) is 0 Å². The molecule has 1 aromatic heterocycles. The summed E-state index contributed by atoms with van der Waals surface area (Å²) in [4.78, 5) is 23.8. The lowest BCUT2D eigenvalue weighted by Gasteiger charge is -2.29. The first kappa shape index (κ1) is 19.7. The van der Waals surface area contributed by atoms with Gasteiger partial charge in [0.1, 0.15) is 11.5 Å². The Morgan fingerprint density at radius 2 is 1.79 bits per heavy atom. The van der Waals surface area contributed by atoms with Gasteiger partial charge < -0.3 is 14.9 Å². The van der Waals surface area contributed by atoms with Gasteiger partial charge in [0, 0.05) is 17.5 Å². The number of carbonyl (C=O) groups excluding carboxylic acids is 2. The van der Waals surface area contributed by atoms with E-state index in [1.54, 1.807) is 19.1 Å². The van der Waals surface area contributed by atoms with Crippen molar-refractivity contribution in [1.29, 1.82) is 0 Å². The Hall–Kier alpha value is -3.09. The Morgan fingerprint density at radius 1 is 1.14 bits per heavy atom. The molecule has 1 aliphatic rings. The van der Waals surface area contributed by atoms with Crippen LogP contribution in [0.1, 0.15) is 58.8 Å². The van der Waals surface area contributed by atoms with Crippen molar-refractivity contribution in [2.75, 3.05) is 0 Å². The number of fused-ring (bicyclic) bond motifs is 1. The number of hydrogen-bond donors (Lipinski definition) is 2. The monoisotopic (exact) mass is 383 g/mol. The van der Waals surface area contributed by atoms with Crippen molar-refractivity contribution in [3.05, 3.63) is 52.0 Å². The van der Waals surface area contributed by atoms with Gasteiger partial charge >= 0.3 is 12.0 Å². The van der Waals surface area contributed by atoms with Crippen LogP contribution >= 0.6 is 0 Å². The molecule has 2 aromatic rings. The fourth-order valence-electron chi connectivity index (χ4n) is 3.67. The SMILES string of the molecule is Cc1cc(C)cc(OC(=O)c2oc3c(c2C)/C(=N\NC(N)=O)CC(C)(C)C3)c1. The maximum absolute atomic E-state index is 12.8. The Balaban J connectivity index is 1.97. The summed E-state index contributed by atoms with van der Waals surface area (Å²) in [5.74, 6) is 0.720. The molecular formula is C21H25N3O4. The third-order valence-corrected chi connectivity index (χ3v) is 4.69. The third-order valence-electron chi connectivity index (χ3n) is 4.69. The number of furan rings is 1. The van der Waals surface area contributed by atoms with E-state index < -0.39 is 12.0 Å². The summed E-state index contributed by atoms with van der Waals surface area (Å²) in [6, 6.07) is 4.87. The molecule has 7 heteroatoms. The summed E-state index contributed by atoms with van der Waals surface area (Å²) in [6.45, 7) is 9.82. The molecular weight excluding hydrogens is 358 g/mol. The maximum Gasteiger partial charge on any atom is 0.379 e. The highest BCUT2D eigenvalue weighted by Gasteiger charge is 2.36. The minimum absolute atomic E-state index is 0.135. The second kappa shape index (κ2) is 7.14. The maximum atomic E-state index is 12.8. The zero-order valence-electron chi connectivity index (χ0n) is 16.8. The number of primary amides is 1. The Bertz CT molecular complexity index is 966. The van der Waals surface area contributed by atoms with Gasteiger partial charge in [-0.1, -0.05) is 19.9 Å². The lowest BCUT2D eigenvalue weighted by Crippen LogP contribution is -2.31. The molecule has 0 saturated heterocycles. The van der Waals surface area contributed by atoms with E-state index >= 15 is 0 Å². The van der Waals surface area contributed by atoms with E-state index in [0.29, 0.717) is 35.6 Å². The number of benzene rings is 1. The molecule has 3 N–H and O–H groups in total. The predicted octanol–water partition coefficient (Wildman–Crippen LogP) is 3.77. The van der Waals surface area contributed by atoms with Crippen LogP contribution in [0, 0.1) is 26.2 Å². The van der Waals surface area contributed by atoms with E-state index in [9.17, 15) is 9.59 Å². The highest BCUT2D eigenvalue weighted by atomic mass is 16.5. The topological polar surface area (TPSA) is 107 Å². The van der Waals surface area contributed by atoms with Gasteiger partial charge in [0.05, 0.1) is 5.71 Å². The van der Waals surface area contributed by atoms with Crippen molar-refractivity contribution in [2.24, 2.45) is 16.3 Å². The van der Waals surface area contributed by atoms with Crippen molar-refractivity contribution < 1.29 is 18.7 Å². The van der Waals surface area contributed by atoms with Gasteiger partial charge in [-0.15, -0.1) is 0 Å². The van der Waals surface area contributed by atoms with Gasteiger partial charge in [-0.05, 0) is 55.9 Å². The average molecular weight is 383 g/mol. The van der Waals surface area contributed by atoms with Crippen LogP contribution in [-0.4, -0.2) is 17.7 Å². The number of esters is 1. The summed E-state index contributed by atoms with van der Waals surface area (Å²) in [5.41, 5.74) is 11.3. The van der Waals surface area contributed by atoms with Gasteiger partial charge in [0.25, 0.3) is 0 Å². The molecule has 7 nitrogen and oxygen atoms in total. The first-order valence-corrected chi connectivity index (χ1v) is 9.11. The predicted molar refractivity (Wildman–Crippen MR) is 106 cm³/mol. The zero-order chi connectivity index (χ0) is 20.6. The smallest absolute Gasteiger partial charge is 0.379 e. The van der Waals surface area contributed by atoms with Crippen molar-refractivity contribution in [3.8, 4) is 5.75 Å². The van der Waals surface area contributed by atoms with Crippen LogP contribution < -0.4 is 15.9 Å². The number of rotatable bonds is 3. The Morgan fingerprint density at radius 3 is 2.39 bits per heavy atom. The first-order chi connectivity index (χ1) is 13.1. The number of hydrogen-bond acceptors (Lipinski definition) is 5. The molecule has 148 valence electrons. The molecule has 0 saturated carbocycles. The van der Waals surface area contributed by atoms with Crippen LogP contribution in [0.25, 0.3) is 0 Å². The number of carbonyl (C=O) groups is 2. The van der Waals surface area contributed by atoms with Crippen LogP contribution in [0.4, 0.5) is 4.79 Å². The summed E-state index contributed by atoms with van der Waals surface area (Å²) in [7, 11) is 0. The van der Waals surface area contributed by atoms with E-state index in [4.69, 9.17) is 14.9 Å². The van der Waals surface area contributed by atoms with Crippen LogP contribution in [0.3, 0.4) is 0 Å². The lowest BCUT2D eigenvalue weighted by molar-refractivity contribution is 0.0697. The number of aryl methyl sites for hydroxylation is 2. The van der Waals surface area contributed by atoms with Crippen LogP contribution in [0.2, 0.25) is 0 Å². The zero-order valence-corrected chi connectivity index (χ0v) is 16.8. The van der Waals surface area contributed by atoms with Crippen molar-refractivity contribution in [2.45, 2.75) is 47.5 Å². The fraction of sp³-hybridized carbons (Fsp3) is 0.381. The standard InChI is InChI=1S/C21H25N3O4/c1-11-6-12(2)8-14(7-11)27-19(25)18-13(3)17-15(23-24-20(22)26)9-21(4,5)10-16(17)28-18/h6-8H,9-10H2,1-5H3,(H3,22,24,26)/b23-15-. The minimum atomic E-state index is -0.743. The molecule has 28 heavy (non-hydrogen) atoms. The second-order valence-electron chi connectivity index (χ2n) is 8.12. The number of urea groups is 1. The average Bonchev–Trinajstić information content (AvgIpc) is 2.87. The summed E-state index contributed by atoms with van der Waals surface area (Å²) in [6.07, 6.45) is 1.27. The van der Waals surface area contributed by atoms with Crippen molar-refractivity contribution in [3.63, 3.8) is 0 Å². The molecule has 0 spiro atoms. The molecule has 0 aliphatic heterocycles. The quantitative estimate of drug-likeness (QED) is 0.478.